The Balaban J connectivity index is 1.90. The summed E-state index contributed by atoms with van der Waals surface area (Å²) < 4.78 is 0. The number of benzene rings is 1. The van der Waals surface area contributed by atoms with E-state index in [-0.39, 0.29) is 6.03 Å². The molecule has 1 aromatic rings. The minimum Gasteiger partial charge on any atom is -0.399 e. The summed E-state index contributed by atoms with van der Waals surface area (Å²) in [5.41, 5.74) is 7.54. The van der Waals surface area contributed by atoms with Gasteiger partial charge in [0, 0.05) is 24.5 Å². The van der Waals surface area contributed by atoms with Crippen molar-refractivity contribution in [2.45, 2.75) is 45.6 Å². The van der Waals surface area contributed by atoms with E-state index in [0.29, 0.717) is 17.1 Å². The van der Waals surface area contributed by atoms with Crippen LogP contribution in [-0.2, 0) is 0 Å². The molecule has 1 fully saturated rings. The zero-order valence-corrected chi connectivity index (χ0v) is 12.6. The van der Waals surface area contributed by atoms with E-state index in [2.05, 4.69) is 19.2 Å². The second-order valence-corrected chi connectivity index (χ2v) is 6.56. The molecule has 4 nitrogen and oxygen atoms in total. The second-order valence-electron chi connectivity index (χ2n) is 6.56. The molecule has 0 unspecified atom stereocenters. The Labute approximate surface area is 121 Å². The lowest BCUT2D eigenvalue weighted by molar-refractivity contribution is 0.142. The summed E-state index contributed by atoms with van der Waals surface area (Å²) in [6.45, 7) is 4.61. The molecule has 1 aliphatic rings. The van der Waals surface area contributed by atoms with Gasteiger partial charge in [0.05, 0.1) is 0 Å². The predicted molar refractivity (Wildman–Crippen MR) is 83.7 cm³/mol. The van der Waals surface area contributed by atoms with Gasteiger partial charge in [0.15, 0.2) is 0 Å². The largest absolute Gasteiger partial charge is 0.399 e. The molecule has 0 atom stereocenters. The number of nitrogens with two attached hydrogens (primary N) is 1. The third kappa shape index (κ3) is 3.65. The number of nitrogens with one attached hydrogen (secondary N) is 1. The normalized spacial score (nSPS) is 18.6. The quantitative estimate of drug-likeness (QED) is 0.808. The average molecular weight is 275 g/mol. The highest BCUT2D eigenvalue weighted by atomic mass is 16.2. The van der Waals surface area contributed by atoms with Crippen molar-refractivity contribution in [2.75, 3.05) is 18.1 Å². The Morgan fingerprint density at radius 3 is 2.35 bits per heavy atom. The molecule has 2 amide bonds. The van der Waals surface area contributed by atoms with Gasteiger partial charge in [-0.1, -0.05) is 13.8 Å². The number of rotatable bonds is 2. The summed E-state index contributed by atoms with van der Waals surface area (Å²) in [6, 6.07) is 7.53. The van der Waals surface area contributed by atoms with Crippen molar-refractivity contribution >= 4 is 17.4 Å². The van der Waals surface area contributed by atoms with E-state index < -0.39 is 0 Å². The van der Waals surface area contributed by atoms with Gasteiger partial charge in [-0.05, 0) is 55.4 Å². The Kier molecular flexibility index (Phi) is 4.21. The van der Waals surface area contributed by atoms with Crippen molar-refractivity contribution in [1.82, 2.24) is 4.90 Å². The van der Waals surface area contributed by atoms with Gasteiger partial charge in [0.2, 0.25) is 0 Å². The maximum Gasteiger partial charge on any atom is 0.321 e. The summed E-state index contributed by atoms with van der Waals surface area (Å²) in [7, 11) is 1.88. The summed E-state index contributed by atoms with van der Waals surface area (Å²) >= 11 is 0. The van der Waals surface area contributed by atoms with Crippen molar-refractivity contribution in [1.29, 1.82) is 0 Å². The molecule has 0 aliphatic heterocycles. The van der Waals surface area contributed by atoms with Gasteiger partial charge in [0.25, 0.3) is 0 Å². The number of nitrogen functional groups attached to an aromatic ring is 1. The smallest absolute Gasteiger partial charge is 0.321 e. The highest BCUT2D eigenvalue weighted by molar-refractivity contribution is 5.89. The lowest BCUT2D eigenvalue weighted by Crippen LogP contribution is -2.42. The number of nitrogens with zero attached hydrogens (tertiary/aromatic N) is 1. The Hall–Kier alpha value is -1.71. The molecule has 1 aliphatic carbocycles. The molecular weight excluding hydrogens is 250 g/mol. The molecule has 0 radical (unpaired) electrons. The van der Waals surface area contributed by atoms with Crippen LogP contribution in [0.1, 0.15) is 39.5 Å². The molecule has 110 valence electrons. The van der Waals surface area contributed by atoms with Crippen LogP contribution in [0.4, 0.5) is 16.2 Å². The minimum absolute atomic E-state index is 0.0422. The number of carbonyl (C=O) groups excluding carboxylic acids is 1. The van der Waals surface area contributed by atoms with E-state index in [0.717, 1.165) is 18.5 Å². The van der Waals surface area contributed by atoms with Crippen LogP contribution in [0, 0.1) is 5.41 Å². The first kappa shape index (κ1) is 14.7. The van der Waals surface area contributed by atoms with Gasteiger partial charge >= 0.3 is 6.03 Å². The van der Waals surface area contributed by atoms with Crippen molar-refractivity contribution in [3.05, 3.63) is 24.3 Å². The first-order chi connectivity index (χ1) is 9.37. The van der Waals surface area contributed by atoms with E-state index in [1.807, 2.05) is 24.1 Å². The lowest BCUT2D eigenvalue weighted by Gasteiger charge is -2.38. The molecule has 0 aromatic heterocycles. The highest BCUT2D eigenvalue weighted by Crippen LogP contribution is 2.36. The zero-order chi connectivity index (χ0) is 14.8. The van der Waals surface area contributed by atoms with Crippen LogP contribution in [-0.4, -0.2) is 24.0 Å². The molecule has 3 N–H and O–H groups in total. The van der Waals surface area contributed by atoms with Crippen molar-refractivity contribution in [2.24, 2.45) is 5.41 Å². The summed E-state index contributed by atoms with van der Waals surface area (Å²) in [5, 5.41) is 2.92. The summed E-state index contributed by atoms with van der Waals surface area (Å²) in [6.07, 6.45) is 4.52. The van der Waals surface area contributed by atoms with Gasteiger partial charge in [-0.25, -0.2) is 4.79 Å². The molecule has 0 spiro atoms. The van der Waals surface area contributed by atoms with E-state index in [1.165, 1.54) is 12.8 Å². The Morgan fingerprint density at radius 2 is 1.80 bits per heavy atom. The van der Waals surface area contributed by atoms with Gasteiger partial charge in [-0.2, -0.15) is 0 Å². The molecule has 1 aromatic carbocycles. The van der Waals surface area contributed by atoms with Crippen LogP contribution < -0.4 is 11.1 Å². The minimum atomic E-state index is -0.0422. The fourth-order valence-electron chi connectivity index (χ4n) is 2.72. The van der Waals surface area contributed by atoms with Crippen molar-refractivity contribution in [3.8, 4) is 0 Å². The van der Waals surface area contributed by atoms with Crippen LogP contribution in [0.2, 0.25) is 0 Å². The number of hydrogen-bond acceptors (Lipinski definition) is 2. The molecule has 1 saturated carbocycles. The number of carbonyl (C=O) groups is 1. The van der Waals surface area contributed by atoms with Crippen LogP contribution in [0.15, 0.2) is 24.3 Å². The maximum atomic E-state index is 12.2. The van der Waals surface area contributed by atoms with Crippen LogP contribution in [0.25, 0.3) is 0 Å². The monoisotopic (exact) mass is 275 g/mol. The molecular formula is C16H25N3O. The molecule has 4 heteroatoms. The average Bonchev–Trinajstić information content (AvgIpc) is 2.40. The molecule has 2 rings (SSSR count). The number of anilines is 2. The first-order valence-corrected chi connectivity index (χ1v) is 7.27. The number of urea groups is 1. The summed E-state index contributed by atoms with van der Waals surface area (Å²) in [4.78, 5) is 14.1. The number of amides is 2. The number of hydrogen-bond donors (Lipinski definition) is 2. The van der Waals surface area contributed by atoms with Crippen LogP contribution in [0.3, 0.4) is 0 Å². The molecule has 0 saturated heterocycles. The van der Waals surface area contributed by atoms with E-state index in [4.69, 9.17) is 5.73 Å². The van der Waals surface area contributed by atoms with Gasteiger partial charge in [-0.3, -0.25) is 0 Å². The van der Waals surface area contributed by atoms with Gasteiger partial charge in [-0.15, -0.1) is 0 Å². The van der Waals surface area contributed by atoms with Crippen LogP contribution >= 0.6 is 0 Å². The standard InChI is InChI=1S/C16H25N3O/c1-16(2)10-8-14(9-11-16)19(3)15(20)18-13-6-4-12(17)5-7-13/h4-7,14H,8-11,17H2,1-3H3,(H,18,20). The van der Waals surface area contributed by atoms with Crippen molar-refractivity contribution < 1.29 is 4.79 Å². The van der Waals surface area contributed by atoms with Gasteiger partial charge in [0.1, 0.15) is 0 Å². The van der Waals surface area contributed by atoms with Crippen LogP contribution in [0.5, 0.6) is 0 Å². The predicted octanol–water partition coefficient (Wildman–Crippen LogP) is 3.70. The van der Waals surface area contributed by atoms with Gasteiger partial charge < -0.3 is 16.0 Å². The summed E-state index contributed by atoms with van der Waals surface area (Å²) in [5.74, 6) is 0. The van der Waals surface area contributed by atoms with E-state index in [1.54, 1.807) is 12.1 Å². The zero-order valence-electron chi connectivity index (χ0n) is 12.6. The first-order valence-electron chi connectivity index (χ1n) is 7.27. The second kappa shape index (κ2) is 5.73. The van der Waals surface area contributed by atoms with E-state index >= 15 is 0 Å². The van der Waals surface area contributed by atoms with Crippen molar-refractivity contribution in [3.63, 3.8) is 0 Å². The third-order valence-corrected chi connectivity index (χ3v) is 4.34. The fraction of sp³-hybridized carbons (Fsp3) is 0.562. The molecule has 0 bridgehead atoms. The highest BCUT2D eigenvalue weighted by Gasteiger charge is 2.30. The molecule has 0 heterocycles. The maximum absolute atomic E-state index is 12.2. The lowest BCUT2D eigenvalue weighted by atomic mass is 9.75. The Bertz CT molecular complexity index is 457. The van der Waals surface area contributed by atoms with E-state index in [9.17, 15) is 4.79 Å². The SMILES string of the molecule is CN(C(=O)Nc1ccc(N)cc1)C1CCC(C)(C)CC1. The Morgan fingerprint density at radius 1 is 1.25 bits per heavy atom. The third-order valence-electron chi connectivity index (χ3n) is 4.34. The fourth-order valence-corrected chi connectivity index (χ4v) is 2.72. The topological polar surface area (TPSA) is 58.4 Å². The molecule has 20 heavy (non-hydrogen) atoms.